The molecule has 0 aliphatic rings. The van der Waals surface area contributed by atoms with E-state index in [9.17, 15) is 4.79 Å². The van der Waals surface area contributed by atoms with Crippen molar-refractivity contribution in [2.45, 2.75) is 13.3 Å². The van der Waals surface area contributed by atoms with E-state index in [0.29, 0.717) is 29.2 Å². The first-order chi connectivity index (χ1) is 13.2. The van der Waals surface area contributed by atoms with Crippen LogP contribution in [0.1, 0.15) is 12.6 Å². The van der Waals surface area contributed by atoms with E-state index >= 15 is 0 Å². The zero-order valence-electron chi connectivity index (χ0n) is 15.5. The summed E-state index contributed by atoms with van der Waals surface area (Å²) in [6.07, 6.45) is 0.696. The van der Waals surface area contributed by atoms with Gasteiger partial charge in [-0.15, -0.1) is 0 Å². The van der Waals surface area contributed by atoms with Gasteiger partial charge in [0.2, 0.25) is 0 Å². The highest BCUT2D eigenvalue weighted by Crippen LogP contribution is 2.31. The van der Waals surface area contributed by atoms with Crippen LogP contribution in [0.2, 0.25) is 0 Å². The molecule has 2 aromatic carbocycles. The molecule has 3 rings (SSSR count). The number of aromatic nitrogens is 2. The van der Waals surface area contributed by atoms with E-state index < -0.39 is 0 Å². The molecule has 2 amide bonds. The number of aromatic amines is 1. The molecule has 0 atom stereocenters. The standard InChI is InChI=1S/C20H22N4O3/c1-4-15-19(18(24-23-15)13-8-7-9-14(12-13)26-2)22-20(25)21-16-10-5-6-11-17(16)27-3/h5-12H,4H2,1-3H3,(H,23,24)(H2,21,22,25). The molecular weight excluding hydrogens is 344 g/mol. The normalized spacial score (nSPS) is 10.3. The molecule has 1 heterocycles. The predicted molar refractivity (Wildman–Crippen MR) is 106 cm³/mol. The van der Waals surface area contributed by atoms with Crippen molar-refractivity contribution in [2.24, 2.45) is 0 Å². The van der Waals surface area contributed by atoms with Crippen LogP contribution in [0.4, 0.5) is 16.2 Å². The molecule has 0 spiro atoms. The molecule has 3 N–H and O–H groups in total. The number of amides is 2. The van der Waals surface area contributed by atoms with Crippen LogP contribution >= 0.6 is 0 Å². The Bertz CT molecular complexity index is 936. The Morgan fingerprint density at radius 1 is 1.07 bits per heavy atom. The van der Waals surface area contributed by atoms with E-state index in [2.05, 4.69) is 20.8 Å². The molecule has 0 unspecified atom stereocenters. The summed E-state index contributed by atoms with van der Waals surface area (Å²) in [7, 11) is 3.17. The van der Waals surface area contributed by atoms with Gasteiger partial charge in [-0.2, -0.15) is 5.10 Å². The Labute approximate surface area is 157 Å². The number of rotatable bonds is 6. The van der Waals surface area contributed by atoms with E-state index in [1.807, 2.05) is 43.3 Å². The monoisotopic (exact) mass is 366 g/mol. The van der Waals surface area contributed by atoms with Gasteiger partial charge < -0.3 is 20.1 Å². The number of ether oxygens (including phenoxy) is 2. The second-order valence-corrected chi connectivity index (χ2v) is 5.79. The average molecular weight is 366 g/mol. The van der Waals surface area contributed by atoms with Crippen molar-refractivity contribution >= 4 is 17.4 Å². The van der Waals surface area contributed by atoms with E-state index in [4.69, 9.17) is 9.47 Å². The van der Waals surface area contributed by atoms with Crippen LogP contribution in [-0.2, 0) is 6.42 Å². The number of nitrogens with one attached hydrogen (secondary N) is 3. The number of anilines is 2. The molecule has 0 saturated carbocycles. The molecule has 3 aromatic rings. The summed E-state index contributed by atoms with van der Waals surface area (Å²) in [4.78, 5) is 12.6. The Kier molecular flexibility index (Phi) is 5.61. The van der Waals surface area contributed by atoms with Crippen LogP contribution in [0.15, 0.2) is 48.5 Å². The van der Waals surface area contributed by atoms with Gasteiger partial charge in [-0.05, 0) is 30.7 Å². The van der Waals surface area contributed by atoms with Crippen LogP contribution in [-0.4, -0.2) is 30.4 Å². The lowest BCUT2D eigenvalue weighted by molar-refractivity contribution is 0.262. The van der Waals surface area contributed by atoms with Crippen LogP contribution in [0.5, 0.6) is 11.5 Å². The lowest BCUT2D eigenvalue weighted by Crippen LogP contribution is -2.20. The van der Waals surface area contributed by atoms with Gasteiger partial charge in [0.25, 0.3) is 0 Å². The molecule has 0 fully saturated rings. The number of hydrogen-bond acceptors (Lipinski definition) is 4. The fraction of sp³-hybridized carbons (Fsp3) is 0.200. The van der Waals surface area contributed by atoms with Crippen molar-refractivity contribution in [1.82, 2.24) is 10.2 Å². The topological polar surface area (TPSA) is 88.3 Å². The fourth-order valence-electron chi connectivity index (χ4n) is 2.76. The minimum Gasteiger partial charge on any atom is -0.497 e. The number of urea groups is 1. The molecule has 140 valence electrons. The summed E-state index contributed by atoms with van der Waals surface area (Å²) in [5.41, 5.74) is 3.56. The summed E-state index contributed by atoms with van der Waals surface area (Å²) >= 11 is 0. The third kappa shape index (κ3) is 4.03. The first-order valence-electron chi connectivity index (χ1n) is 8.59. The minimum atomic E-state index is -0.375. The molecular formula is C20H22N4O3. The highest BCUT2D eigenvalue weighted by molar-refractivity contribution is 6.03. The summed E-state index contributed by atoms with van der Waals surface area (Å²) in [6, 6.07) is 14.4. The number of methoxy groups -OCH3 is 2. The molecule has 27 heavy (non-hydrogen) atoms. The second kappa shape index (κ2) is 8.27. The minimum absolute atomic E-state index is 0.375. The molecule has 0 saturated heterocycles. The van der Waals surface area contributed by atoms with Crippen molar-refractivity contribution in [1.29, 1.82) is 0 Å². The van der Waals surface area contributed by atoms with Crippen molar-refractivity contribution in [3.63, 3.8) is 0 Å². The summed E-state index contributed by atoms with van der Waals surface area (Å²) in [5.74, 6) is 1.31. The SMILES string of the molecule is CCc1[nH]nc(-c2cccc(OC)c2)c1NC(=O)Nc1ccccc1OC. The van der Waals surface area contributed by atoms with Crippen LogP contribution < -0.4 is 20.1 Å². The molecule has 7 heteroatoms. The van der Waals surface area contributed by atoms with Crippen molar-refractivity contribution < 1.29 is 14.3 Å². The van der Waals surface area contributed by atoms with E-state index in [-0.39, 0.29) is 6.03 Å². The maximum atomic E-state index is 12.6. The summed E-state index contributed by atoms with van der Waals surface area (Å²) in [6.45, 7) is 1.99. The second-order valence-electron chi connectivity index (χ2n) is 5.79. The largest absolute Gasteiger partial charge is 0.497 e. The maximum Gasteiger partial charge on any atom is 0.323 e. The number of carbonyl (C=O) groups is 1. The third-order valence-electron chi connectivity index (χ3n) is 4.13. The first-order valence-corrected chi connectivity index (χ1v) is 8.59. The van der Waals surface area contributed by atoms with E-state index in [1.54, 1.807) is 26.4 Å². The van der Waals surface area contributed by atoms with Crippen molar-refractivity contribution in [3.8, 4) is 22.8 Å². The Balaban J connectivity index is 1.87. The summed E-state index contributed by atoms with van der Waals surface area (Å²) in [5, 5.41) is 13.1. The van der Waals surface area contributed by atoms with E-state index in [0.717, 1.165) is 17.0 Å². The van der Waals surface area contributed by atoms with Gasteiger partial charge in [0.05, 0.1) is 31.3 Å². The Morgan fingerprint density at radius 3 is 2.63 bits per heavy atom. The molecule has 1 aromatic heterocycles. The maximum absolute atomic E-state index is 12.6. The zero-order valence-corrected chi connectivity index (χ0v) is 15.5. The van der Waals surface area contributed by atoms with Gasteiger partial charge >= 0.3 is 6.03 Å². The number of benzene rings is 2. The Morgan fingerprint density at radius 2 is 1.89 bits per heavy atom. The van der Waals surface area contributed by atoms with Crippen molar-refractivity contribution in [3.05, 3.63) is 54.2 Å². The third-order valence-corrected chi connectivity index (χ3v) is 4.13. The van der Waals surface area contributed by atoms with Crippen LogP contribution in [0, 0.1) is 0 Å². The first kappa shape index (κ1) is 18.3. The highest BCUT2D eigenvalue weighted by Gasteiger charge is 2.17. The van der Waals surface area contributed by atoms with Gasteiger partial charge in [0, 0.05) is 5.56 Å². The molecule has 0 aliphatic heterocycles. The van der Waals surface area contributed by atoms with Gasteiger partial charge in [0.15, 0.2) is 0 Å². The van der Waals surface area contributed by atoms with Gasteiger partial charge in [-0.1, -0.05) is 31.2 Å². The molecule has 7 nitrogen and oxygen atoms in total. The predicted octanol–water partition coefficient (Wildman–Crippen LogP) is 4.30. The van der Waals surface area contributed by atoms with Gasteiger partial charge in [-0.25, -0.2) is 4.79 Å². The number of carbonyl (C=O) groups excluding carboxylic acids is 1. The van der Waals surface area contributed by atoms with Gasteiger partial charge in [0.1, 0.15) is 17.2 Å². The van der Waals surface area contributed by atoms with Crippen LogP contribution in [0.25, 0.3) is 11.3 Å². The lowest BCUT2D eigenvalue weighted by Gasteiger charge is -2.12. The number of para-hydroxylation sites is 2. The molecule has 0 radical (unpaired) electrons. The number of nitrogens with zero attached hydrogens (tertiary/aromatic N) is 1. The van der Waals surface area contributed by atoms with E-state index in [1.165, 1.54) is 0 Å². The van der Waals surface area contributed by atoms with Gasteiger partial charge in [-0.3, -0.25) is 5.10 Å². The lowest BCUT2D eigenvalue weighted by atomic mass is 10.1. The smallest absolute Gasteiger partial charge is 0.323 e. The Hall–Kier alpha value is -3.48. The number of hydrogen-bond donors (Lipinski definition) is 3. The molecule has 0 aliphatic carbocycles. The quantitative estimate of drug-likeness (QED) is 0.607. The van der Waals surface area contributed by atoms with Crippen LogP contribution in [0.3, 0.4) is 0 Å². The highest BCUT2D eigenvalue weighted by atomic mass is 16.5. The molecule has 0 bridgehead atoms. The number of H-pyrrole nitrogens is 1. The summed E-state index contributed by atoms with van der Waals surface area (Å²) < 4.78 is 10.6. The van der Waals surface area contributed by atoms with Crippen molar-refractivity contribution in [2.75, 3.05) is 24.9 Å². The average Bonchev–Trinajstić information content (AvgIpc) is 3.10. The fourth-order valence-corrected chi connectivity index (χ4v) is 2.76. The number of aryl methyl sites for hydroxylation is 1. The zero-order chi connectivity index (χ0) is 19.2.